The van der Waals surface area contributed by atoms with E-state index < -0.39 is 0 Å². The smallest absolute Gasteiger partial charge is 0.168 e. The van der Waals surface area contributed by atoms with E-state index in [0.717, 1.165) is 62.3 Å². The van der Waals surface area contributed by atoms with Gasteiger partial charge in [-0.05, 0) is 25.9 Å². The highest BCUT2D eigenvalue weighted by Crippen LogP contribution is 2.31. The molecule has 5 heterocycles. The van der Waals surface area contributed by atoms with Crippen LogP contribution >= 0.6 is 11.8 Å². The quantitative estimate of drug-likeness (QED) is 0.891. The SMILES string of the molecule is C1=C(Cn2ccnc2-c2cn(C3CCNCC3)nn2)N2CCN=C2S1. The minimum Gasteiger partial charge on any atom is -0.324 e. The Balaban J connectivity index is 1.36. The maximum absolute atomic E-state index is 4.52. The standard InChI is InChI=1S/C16H20N8S/c1-3-17-4-2-12(1)24-10-14(20-21-24)15-18-5-7-22(15)9-13-11-25-16-19-6-8-23(13)16/h5,7,10-12,17H,1-4,6,8-9H2. The van der Waals surface area contributed by atoms with Gasteiger partial charge in [0, 0.05) is 30.0 Å². The number of rotatable bonds is 4. The van der Waals surface area contributed by atoms with Gasteiger partial charge in [0.25, 0.3) is 0 Å². The molecule has 0 bridgehead atoms. The van der Waals surface area contributed by atoms with E-state index in [1.54, 1.807) is 11.8 Å². The second-order valence-electron chi connectivity index (χ2n) is 6.49. The summed E-state index contributed by atoms with van der Waals surface area (Å²) in [6.45, 7) is 4.73. The minimum atomic E-state index is 0.434. The molecule has 1 saturated heterocycles. The van der Waals surface area contributed by atoms with Crippen LogP contribution in [-0.2, 0) is 6.54 Å². The molecule has 25 heavy (non-hydrogen) atoms. The Kier molecular flexibility index (Phi) is 3.82. The Morgan fingerprint density at radius 1 is 1.28 bits per heavy atom. The van der Waals surface area contributed by atoms with Gasteiger partial charge in [0.1, 0.15) is 5.69 Å². The molecule has 0 spiro atoms. The van der Waals surface area contributed by atoms with Crippen molar-refractivity contribution in [1.82, 2.24) is 34.8 Å². The van der Waals surface area contributed by atoms with Gasteiger partial charge in [-0.25, -0.2) is 9.67 Å². The predicted molar refractivity (Wildman–Crippen MR) is 97.1 cm³/mol. The zero-order valence-corrected chi connectivity index (χ0v) is 14.7. The Morgan fingerprint density at radius 2 is 2.20 bits per heavy atom. The monoisotopic (exact) mass is 356 g/mol. The number of thioether (sulfide) groups is 1. The molecule has 8 nitrogen and oxygen atoms in total. The maximum Gasteiger partial charge on any atom is 0.168 e. The number of amidine groups is 1. The molecule has 0 unspecified atom stereocenters. The van der Waals surface area contributed by atoms with Crippen LogP contribution in [0, 0.1) is 0 Å². The number of fused-ring (bicyclic) bond motifs is 1. The first-order valence-electron chi connectivity index (χ1n) is 8.70. The molecule has 3 aliphatic rings. The third-order valence-corrected chi connectivity index (χ3v) is 5.87. The van der Waals surface area contributed by atoms with Crippen LogP contribution < -0.4 is 5.32 Å². The zero-order valence-electron chi connectivity index (χ0n) is 13.9. The summed E-state index contributed by atoms with van der Waals surface area (Å²) in [4.78, 5) is 11.3. The van der Waals surface area contributed by atoms with E-state index in [-0.39, 0.29) is 0 Å². The molecule has 0 radical (unpaired) electrons. The number of nitrogens with zero attached hydrogens (tertiary/aromatic N) is 7. The number of aromatic nitrogens is 5. The van der Waals surface area contributed by atoms with Crippen molar-refractivity contribution in [3.05, 3.63) is 29.7 Å². The molecular formula is C16H20N8S. The normalized spacial score (nSPS) is 20.7. The average Bonchev–Trinajstić information content (AvgIpc) is 3.42. The summed E-state index contributed by atoms with van der Waals surface area (Å²) in [5.74, 6) is 0.871. The molecule has 9 heteroatoms. The van der Waals surface area contributed by atoms with E-state index in [9.17, 15) is 0 Å². The van der Waals surface area contributed by atoms with Gasteiger partial charge in [0.05, 0.1) is 25.3 Å². The van der Waals surface area contributed by atoms with Crippen LogP contribution in [0.5, 0.6) is 0 Å². The van der Waals surface area contributed by atoms with E-state index in [1.165, 1.54) is 5.70 Å². The zero-order chi connectivity index (χ0) is 16.6. The minimum absolute atomic E-state index is 0.434. The molecule has 1 fully saturated rings. The summed E-state index contributed by atoms with van der Waals surface area (Å²) in [6.07, 6.45) is 8.07. The number of allylic oxidation sites excluding steroid dienone is 1. The summed E-state index contributed by atoms with van der Waals surface area (Å²) >= 11 is 1.71. The fourth-order valence-corrected chi connectivity index (χ4v) is 4.52. The number of nitrogens with one attached hydrogen (secondary N) is 1. The van der Waals surface area contributed by atoms with Gasteiger partial charge >= 0.3 is 0 Å². The lowest BCUT2D eigenvalue weighted by Crippen LogP contribution is -2.29. The summed E-state index contributed by atoms with van der Waals surface area (Å²) in [5.41, 5.74) is 2.11. The Hall–Kier alpha value is -2.13. The van der Waals surface area contributed by atoms with Crippen LogP contribution in [0.25, 0.3) is 11.5 Å². The molecule has 0 aromatic carbocycles. The van der Waals surface area contributed by atoms with E-state index in [1.807, 2.05) is 23.3 Å². The number of piperidine rings is 1. The van der Waals surface area contributed by atoms with Crippen molar-refractivity contribution < 1.29 is 0 Å². The molecule has 0 saturated carbocycles. The Bertz CT molecular complexity index is 829. The van der Waals surface area contributed by atoms with Gasteiger partial charge in [-0.1, -0.05) is 17.0 Å². The first-order valence-corrected chi connectivity index (χ1v) is 9.58. The van der Waals surface area contributed by atoms with Crippen LogP contribution in [0.2, 0.25) is 0 Å². The van der Waals surface area contributed by atoms with Gasteiger partial charge in [-0.2, -0.15) is 0 Å². The topological polar surface area (TPSA) is 76.2 Å². The average molecular weight is 356 g/mol. The van der Waals surface area contributed by atoms with Crippen molar-refractivity contribution in [2.75, 3.05) is 26.2 Å². The van der Waals surface area contributed by atoms with Crippen LogP contribution in [0.1, 0.15) is 18.9 Å². The van der Waals surface area contributed by atoms with E-state index in [4.69, 9.17) is 0 Å². The van der Waals surface area contributed by atoms with Crippen LogP contribution in [0.15, 0.2) is 34.7 Å². The van der Waals surface area contributed by atoms with Crippen molar-refractivity contribution in [2.45, 2.75) is 25.4 Å². The summed E-state index contributed by atoms with van der Waals surface area (Å²) < 4.78 is 4.15. The summed E-state index contributed by atoms with van der Waals surface area (Å²) in [5, 5.41) is 15.4. The van der Waals surface area contributed by atoms with Gasteiger partial charge in [0.2, 0.25) is 0 Å². The van der Waals surface area contributed by atoms with Gasteiger partial charge < -0.3 is 14.8 Å². The number of imidazole rings is 1. The highest BCUT2D eigenvalue weighted by atomic mass is 32.2. The third-order valence-electron chi connectivity index (χ3n) is 4.92. The van der Waals surface area contributed by atoms with Gasteiger partial charge in [0.15, 0.2) is 11.0 Å². The molecule has 3 aliphatic heterocycles. The fraction of sp³-hybridized carbons (Fsp3) is 0.500. The number of aliphatic imine (C=N–C) groups is 1. The second kappa shape index (κ2) is 6.30. The molecule has 2 aromatic heterocycles. The van der Waals surface area contributed by atoms with Crippen molar-refractivity contribution in [3.8, 4) is 11.5 Å². The van der Waals surface area contributed by atoms with Crippen LogP contribution in [0.4, 0.5) is 0 Å². The molecule has 0 atom stereocenters. The first kappa shape index (κ1) is 15.2. The highest BCUT2D eigenvalue weighted by Gasteiger charge is 2.27. The largest absolute Gasteiger partial charge is 0.324 e. The van der Waals surface area contributed by atoms with E-state index in [0.29, 0.717) is 6.04 Å². The summed E-state index contributed by atoms with van der Waals surface area (Å²) in [7, 11) is 0. The lowest BCUT2D eigenvalue weighted by atomic mass is 10.1. The van der Waals surface area contributed by atoms with E-state index in [2.05, 4.69) is 40.5 Å². The number of hydrogen-bond donors (Lipinski definition) is 1. The lowest BCUT2D eigenvalue weighted by molar-refractivity contribution is 0.337. The van der Waals surface area contributed by atoms with Crippen molar-refractivity contribution in [2.24, 2.45) is 4.99 Å². The first-order chi connectivity index (χ1) is 12.4. The fourth-order valence-electron chi connectivity index (χ4n) is 3.57. The molecule has 0 amide bonds. The van der Waals surface area contributed by atoms with E-state index >= 15 is 0 Å². The summed E-state index contributed by atoms with van der Waals surface area (Å²) in [6, 6.07) is 0.434. The highest BCUT2D eigenvalue weighted by molar-refractivity contribution is 8.16. The van der Waals surface area contributed by atoms with Crippen LogP contribution in [-0.4, -0.2) is 60.8 Å². The Morgan fingerprint density at radius 3 is 3.12 bits per heavy atom. The van der Waals surface area contributed by atoms with Crippen molar-refractivity contribution in [3.63, 3.8) is 0 Å². The maximum atomic E-state index is 4.52. The predicted octanol–water partition coefficient (Wildman–Crippen LogP) is 1.33. The Labute approximate surface area is 150 Å². The van der Waals surface area contributed by atoms with Gasteiger partial charge in [-0.15, -0.1) is 5.10 Å². The molecule has 2 aromatic rings. The molecular weight excluding hydrogens is 336 g/mol. The molecule has 1 N–H and O–H groups in total. The third kappa shape index (κ3) is 2.77. The second-order valence-corrected chi connectivity index (χ2v) is 7.32. The van der Waals surface area contributed by atoms with Crippen molar-refractivity contribution >= 4 is 16.9 Å². The van der Waals surface area contributed by atoms with Crippen LogP contribution in [0.3, 0.4) is 0 Å². The lowest BCUT2D eigenvalue weighted by Gasteiger charge is -2.22. The van der Waals surface area contributed by atoms with Crippen molar-refractivity contribution in [1.29, 1.82) is 0 Å². The molecule has 0 aliphatic carbocycles. The molecule has 5 rings (SSSR count). The van der Waals surface area contributed by atoms with Gasteiger partial charge in [-0.3, -0.25) is 4.99 Å². The molecule has 130 valence electrons. The number of hydrogen-bond acceptors (Lipinski definition) is 7.